The van der Waals surface area contributed by atoms with E-state index in [1.807, 2.05) is 12.1 Å². The first-order valence-corrected chi connectivity index (χ1v) is 10.3. The second-order valence-electron chi connectivity index (χ2n) is 8.71. The highest BCUT2D eigenvalue weighted by atomic mass is 35.5. The zero-order valence-electron chi connectivity index (χ0n) is 16.2. The summed E-state index contributed by atoms with van der Waals surface area (Å²) < 4.78 is 0. The van der Waals surface area contributed by atoms with E-state index in [4.69, 9.17) is 23.2 Å². The molecule has 0 aromatic heterocycles. The molecule has 1 saturated carbocycles. The van der Waals surface area contributed by atoms with Gasteiger partial charge in [-0.3, -0.25) is 4.79 Å². The molecule has 1 aromatic rings. The van der Waals surface area contributed by atoms with Crippen LogP contribution in [0.3, 0.4) is 0 Å². The number of halogens is 2. The first kappa shape index (κ1) is 21.5. The monoisotopic (exact) mass is 399 g/mol. The third-order valence-electron chi connectivity index (χ3n) is 5.83. The van der Waals surface area contributed by atoms with Gasteiger partial charge in [0, 0.05) is 11.5 Å². The summed E-state index contributed by atoms with van der Waals surface area (Å²) in [6, 6.07) is 6.31. The Labute approximate surface area is 167 Å². The number of carbonyl (C=O) groups is 1. The summed E-state index contributed by atoms with van der Waals surface area (Å²) in [5.41, 5.74) is 0.589. The number of aliphatic carboxylic acids is 1. The molecule has 1 aromatic carbocycles. The largest absolute Gasteiger partial charge is 0.481 e. The van der Waals surface area contributed by atoms with Gasteiger partial charge in [-0.05, 0) is 69.7 Å². The summed E-state index contributed by atoms with van der Waals surface area (Å²) in [4.78, 5) is 11.4. The summed E-state index contributed by atoms with van der Waals surface area (Å²) >= 11 is 12.4. The summed E-state index contributed by atoms with van der Waals surface area (Å²) in [6.07, 6.45) is 5.11. The van der Waals surface area contributed by atoms with Crippen molar-refractivity contribution in [3.63, 3.8) is 0 Å². The molecular weight excluding hydrogens is 369 g/mol. The Morgan fingerprint density at radius 1 is 1.27 bits per heavy atom. The predicted octanol–water partition coefficient (Wildman–Crippen LogP) is 5.92. The summed E-state index contributed by atoms with van der Waals surface area (Å²) in [6.45, 7) is 8.73. The Morgan fingerprint density at radius 2 is 1.92 bits per heavy atom. The van der Waals surface area contributed by atoms with Crippen molar-refractivity contribution >= 4 is 29.2 Å². The third kappa shape index (κ3) is 4.74. The molecule has 146 valence electrons. The van der Waals surface area contributed by atoms with Crippen molar-refractivity contribution in [2.45, 2.75) is 71.3 Å². The number of benzene rings is 1. The standard InChI is InChI=1S/C21H31Cl2NO2/c1-14(2)12-18(24-11-10-20(3,4)19(25)26)21(8-5-9-21)15-6-7-16(22)17(23)13-15/h6-7,13-14,18,24H,5,8-12H2,1-4H3,(H,25,26). The molecule has 26 heavy (non-hydrogen) atoms. The Balaban J connectivity index is 2.20. The SMILES string of the molecule is CC(C)CC(NCCC(C)(C)C(=O)O)C1(c2ccc(Cl)c(Cl)c2)CCC1. The lowest BCUT2D eigenvalue weighted by atomic mass is 9.58. The lowest BCUT2D eigenvalue weighted by Crippen LogP contribution is -2.54. The van der Waals surface area contributed by atoms with Crippen molar-refractivity contribution in [3.05, 3.63) is 33.8 Å². The maximum atomic E-state index is 11.4. The van der Waals surface area contributed by atoms with Crippen LogP contribution in [0.5, 0.6) is 0 Å². The van der Waals surface area contributed by atoms with E-state index in [0.717, 1.165) is 19.3 Å². The van der Waals surface area contributed by atoms with Crippen LogP contribution >= 0.6 is 23.2 Å². The fourth-order valence-corrected chi connectivity index (χ4v) is 4.14. The number of hydrogen-bond acceptors (Lipinski definition) is 2. The van der Waals surface area contributed by atoms with E-state index >= 15 is 0 Å². The van der Waals surface area contributed by atoms with Gasteiger partial charge in [0.2, 0.25) is 0 Å². The van der Waals surface area contributed by atoms with E-state index in [1.165, 1.54) is 12.0 Å². The van der Waals surface area contributed by atoms with Crippen molar-refractivity contribution in [1.82, 2.24) is 5.32 Å². The van der Waals surface area contributed by atoms with E-state index in [1.54, 1.807) is 13.8 Å². The molecule has 1 atom stereocenters. The van der Waals surface area contributed by atoms with Gasteiger partial charge in [-0.15, -0.1) is 0 Å². The van der Waals surface area contributed by atoms with Crippen LogP contribution in [0.15, 0.2) is 18.2 Å². The normalized spacial score (nSPS) is 17.8. The molecule has 1 aliphatic rings. The van der Waals surface area contributed by atoms with Crippen LogP contribution < -0.4 is 5.32 Å². The quantitative estimate of drug-likeness (QED) is 0.541. The second kappa shape index (κ2) is 8.50. The fourth-order valence-electron chi connectivity index (χ4n) is 3.84. The first-order chi connectivity index (χ1) is 12.1. The average molecular weight is 400 g/mol. The van der Waals surface area contributed by atoms with E-state index in [2.05, 4.69) is 25.2 Å². The van der Waals surface area contributed by atoms with Gasteiger partial charge in [-0.25, -0.2) is 0 Å². The minimum Gasteiger partial charge on any atom is -0.481 e. The van der Waals surface area contributed by atoms with E-state index in [9.17, 15) is 9.90 Å². The first-order valence-electron chi connectivity index (χ1n) is 9.51. The molecule has 0 radical (unpaired) electrons. The summed E-state index contributed by atoms with van der Waals surface area (Å²) in [5.74, 6) is -0.192. The van der Waals surface area contributed by atoms with Crippen molar-refractivity contribution in [2.75, 3.05) is 6.54 Å². The maximum Gasteiger partial charge on any atom is 0.309 e. The van der Waals surface area contributed by atoms with Crippen molar-refractivity contribution < 1.29 is 9.90 Å². The Bertz CT molecular complexity index is 639. The molecule has 0 bridgehead atoms. The van der Waals surface area contributed by atoms with Gasteiger partial charge in [0.05, 0.1) is 15.5 Å². The Hall–Kier alpha value is -0.770. The van der Waals surface area contributed by atoms with Crippen LogP contribution in [0.25, 0.3) is 0 Å². The highest BCUT2D eigenvalue weighted by Gasteiger charge is 2.45. The van der Waals surface area contributed by atoms with Crippen molar-refractivity contribution in [3.8, 4) is 0 Å². The number of nitrogens with one attached hydrogen (secondary N) is 1. The molecule has 3 nitrogen and oxygen atoms in total. The van der Waals surface area contributed by atoms with Gasteiger partial charge in [0.15, 0.2) is 0 Å². The average Bonchev–Trinajstić information content (AvgIpc) is 2.48. The minimum atomic E-state index is -0.748. The van der Waals surface area contributed by atoms with Crippen LogP contribution in [-0.4, -0.2) is 23.7 Å². The van der Waals surface area contributed by atoms with Gasteiger partial charge in [0.1, 0.15) is 0 Å². The van der Waals surface area contributed by atoms with Crippen LogP contribution in [0.1, 0.15) is 65.4 Å². The summed E-state index contributed by atoms with van der Waals surface area (Å²) in [5, 5.41) is 14.2. The molecule has 0 saturated heterocycles. The third-order valence-corrected chi connectivity index (χ3v) is 6.57. The topological polar surface area (TPSA) is 49.3 Å². The zero-order valence-corrected chi connectivity index (χ0v) is 17.8. The van der Waals surface area contributed by atoms with Crippen LogP contribution in [0.4, 0.5) is 0 Å². The molecule has 2 N–H and O–H groups in total. The number of carboxylic acid groups (broad SMARTS) is 1. The minimum absolute atomic E-state index is 0.0614. The molecular formula is C21H31Cl2NO2. The maximum absolute atomic E-state index is 11.4. The van der Waals surface area contributed by atoms with Crippen molar-refractivity contribution in [2.24, 2.45) is 11.3 Å². The van der Waals surface area contributed by atoms with Gasteiger partial charge in [-0.1, -0.05) is 49.5 Å². The molecule has 5 heteroatoms. The highest BCUT2D eigenvalue weighted by Crippen LogP contribution is 2.49. The van der Waals surface area contributed by atoms with Gasteiger partial charge >= 0.3 is 5.97 Å². The van der Waals surface area contributed by atoms with Crippen LogP contribution in [-0.2, 0) is 10.2 Å². The second-order valence-corrected chi connectivity index (χ2v) is 9.53. The molecule has 0 aliphatic heterocycles. The summed E-state index contributed by atoms with van der Waals surface area (Å²) in [7, 11) is 0. The van der Waals surface area contributed by atoms with E-state index in [-0.39, 0.29) is 5.41 Å². The molecule has 0 heterocycles. The lowest BCUT2D eigenvalue weighted by molar-refractivity contribution is -0.147. The zero-order chi connectivity index (χ0) is 19.5. The van der Waals surface area contributed by atoms with E-state index < -0.39 is 11.4 Å². The fraction of sp³-hybridized carbons (Fsp3) is 0.667. The molecule has 0 spiro atoms. The van der Waals surface area contributed by atoms with E-state index in [0.29, 0.717) is 35.0 Å². The molecule has 0 amide bonds. The molecule has 2 rings (SSSR count). The van der Waals surface area contributed by atoms with Crippen LogP contribution in [0, 0.1) is 11.3 Å². The number of hydrogen-bond donors (Lipinski definition) is 2. The van der Waals surface area contributed by atoms with Crippen LogP contribution in [0.2, 0.25) is 10.0 Å². The lowest BCUT2D eigenvalue weighted by Gasteiger charge is -2.49. The Kier molecular flexibility index (Phi) is 7.04. The van der Waals surface area contributed by atoms with Gasteiger partial charge in [0.25, 0.3) is 0 Å². The number of carboxylic acids is 1. The Morgan fingerprint density at radius 3 is 2.38 bits per heavy atom. The smallest absolute Gasteiger partial charge is 0.309 e. The van der Waals surface area contributed by atoms with Gasteiger partial charge < -0.3 is 10.4 Å². The molecule has 1 fully saturated rings. The number of rotatable bonds is 9. The molecule has 1 aliphatic carbocycles. The van der Waals surface area contributed by atoms with Gasteiger partial charge in [-0.2, -0.15) is 0 Å². The predicted molar refractivity (Wildman–Crippen MR) is 109 cm³/mol. The van der Waals surface area contributed by atoms with Crippen molar-refractivity contribution in [1.29, 1.82) is 0 Å². The molecule has 1 unspecified atom stereocenters. The highest BCUT2D eigenvalue weighted by molar-refractivity contribution is 6.42.